The van der Waals surface area contributed by atoms with Crippen molar-refractivity contribution in [3.8, 4) is 0 Å². The predicted octanol–water partition coefficient (Wildman–Crippen LogP) is 0.276. The summed E-state index contributed by atoms with van der Waals surface area (Å²) in [5.41, 5.74) is 5.63. The van der Waals surface area contributed by atoms with Crippen LogP contribution in [0.5, 0.6) is 0 Å². The molecule has 6 nitrogen and oxygen atoms in total. The van der Waals surface area contributed by atoms with Gasteiger partial charge in [-0.05, 0) is 6.42 Å². The lowest BCUT2D eigenvalue weighted by Crippen LogP contribution is -2.12. The fourth-order valence-electron chi connectivity index (χ4n) is 1.12. The van der Waals surface area contributed by atoms with E-state index in [4.69, 9.17) is 15.4 Å². The molecule has 0 amide bonds. The number of hydrogen-bond acceptors (Lipinski definition) is 6. The maximum Gasteiger partial charge on any atom is 0.261 e. The van der Waals surface area contributed by atoms with E-state index in [-0.39, 0.29) is 25.5 Å². The molecule has 0 saturated carbocycles. The van der Waals surface area contributed by atoms with Gasteiger partial charge in [0.2, 0.25) is 5.89 Å². The third-order valence-electron chi connectivity index (χ3n) is 1.95. The van der Waals surface area contributed by atoms with Crippen molar-refractivity contribution in [2.24, 2.45) is 5.73 Å². The number of halogens is 2. The molecule has 0 aromatic carbocycles. The molecule has 1 aromatic rings. The van der Waals surface area contributed by atoms with Crippen LogP contribution >= 0.6 is 0 Å². The fourth-order valence-corrected chi connectivity index (χ4v) is 1.12. The zero-order valence-electron chi connectivity index (χ0n) is 9.18. The fraction of sp³-hybridized carbons (Fsp3) is 0.778. The molecule has 0 aliphatic carbocycles. The summed E-state index contributed by atoms with van der Waals surface area (Å²) < 4.78 is 33.0. The Morgan fingerprint density at radius 2 is 2.24 bits per heavy atom. The Morgan fingerprint density at radius 1 is 1.47 bits per heavy atom. The Balaban J connectivity index is 2.30. The Bertz CT molecular complexity index is 322. The van der Waals surface area contributed by atoms with E-state index in [1.807, 2.05) is 0 Å². The highest BCUT2D eigenvalue weighted by molar-refractivity contribution is 4.91. The molecular weight excluding hydrogens is 236 g/mol. The van der Waals surface area contributed by atoms with Crippen LogP contribution in [-0.2, 0) is 11.2 Å². The number of ether oxygens (including phenoxy) is 1. The van der Waals surface area contributed by atoms with E-state index in [0.29, 0.717) is 12.2 Å². The number of aliphatic hydroxyl groups is 1. The lowest BCUT2D eigenvalue weighted by atomic mass is 10.2. The van der Waals surface area contributed by atoms with Crippen molar-refractivity contribution in [3.63, 3.8) is 0 Å². The number of nitrogens with zero attached hydrogens (tertiary/aromatic N) is 2. The SMILES string of the molecule is NC(CCO)c1nc(CCOCC(F)F)no1. The van der Waals surface area contributed by atoms with Gasteiger partial charge in [0.25, 0.3) is 6.43 Å². The first kappa shape index (κ1) is 13.9. The van der Waals surface area contributed by atoms with Gasteiger partial charge in [-0.2, -0.15) is 4.98 Å². The Kier molecular flexibility index (Phi) is 5.95. The summed E-state index contributed by atoms with van der Waals surface area (Å²) in [5.74, 6) is 0.575. The largest absolute Gasteiger partial charge is 0.396 e. The van der Waals surface area contributed by atoms with Gasteiger partial charge in [0.15, 0.2) is 5.82 Å². The molecule has 1 atom stereocenters. The monoisotopic (exact) mass is 251 g/mol. The van der Waals surface area contributed by atoms with Crippen LogP contribution in [0.2, 0.25) is 0 Å². The number of nitrogens with two attached hydrogens (primary N) is 1. The smallest absolute Gasteiger partial charge is 0.261 e. The number of aromatic nitrogens is 2. The summed E-state index contributed by atoms with van der Waals surface area (Å²) in [5, 5.41) is 12.3. The molecule has 3 N–H and O–H groups in total. The Morgan fingerprint density at radius 3 is 2.88 bits per heavy atom. The Labute approximate surface area is 96.7 Å². The van der Waals surface area contributed by atoms with Gasteiger partial charge in [0.05, 0.1) is 12.6 Å². The zero-order valence-corrected chi connectivity index (χ0v) is 9.18. The van der Waals surface area contributed by atoms with Crippen molar-refractivity contribution in [3.05, 3.63) is 11.7 Å². The van der Waals surface area contributed by atoms with E-state index in [2.05, 4.69) is 14.9 Å². The number of aliphatic hydroxyl groups excluding tert-OH is 1. The second kappa shape index (κ2) is 7.25. The predicted molar refractivity (Wildman–Crippen MR) is 53.5 cm³/mol. The first-order valence-electron chi connectivity index (χ1n) is 5.18. The van der Waals surface area contributed by atoms with Crippen LogP contribution in [0.15, 0.2) is 4.52 Å². The minimum Gasteiger partial charge on any atom is -0.396 e. The van der Waals surface area contributed by atoms with Gasteiger partial charge >= 0.3 is 0 Å². The first-order chi connectivity index (χ1) is 8.13. The van der Waals surface area contributed by atoms with E-state index < -0.39 is 19.1 Å². The third kappa shape index (κ3) is 5.16. The topological polar surface area (TPSA) is 94.4 Å². The van der Waals surface area contributed by atoms with Gasteiger partial charge in [-0.1, -0.05) is 5.16 Å². The van der Waals surface area contributed by atoms with Crippen LogP contribution < -0.4 is 5.73 Å². The molecule has 1 aromatic heterocycles. The van der Waals surface area contributed by atoms with Crippen LogP contribution in [0.3, 0.4) is 0 Å². The molecule has 0 aliphatic heterocycles. The van der Waals surface area contributed by atoms with Gasteiger partial charge in [-0.25, -0.2) is 8.78 Å². The van der Waals surface area contributed by atoms with Crippen molar-refractivity contribution in [1.82, 2.24) is 10.1 Å². The zero-order chi connectivity index (χ0) is 12.7. The molecule has 0 saturated heterocycles. The molecule has 1 heterocycles. The highest BCUT2D eigenvalue weighted by Gasteiger charge is 2.14. The highest BCUT2D eigenvalue weighted by Crippen LogP contribution is 2.11. The standard InChI is InChI=1S/C9H15F2N3O3/c10-7(11)5-16-4-2-8-13-9(17-14-8)6(12)1-3-15/h6-7,15H,1-5,12H2. The summed E-state index contributed by atoms with van der Waals surface area (Å²) in [6.45, 7) is -0.580. The van der Waals surface area contributed by atoms with Gasteiger partial charge in [0.1, 0.15) is 6.61 Å². The van der Waals surface area contributed by atoms with Crippen molar-refractivity contribution < 1.29 is 23.1 Å². The number of rotatable bonds is 8. The quantitative estimate of drug-likeness (QED) is 0.644. The molecule has 8 heteroatoms. The summed E-state index contributed by atoms with van der Waals surface area (Å²) in [4.78, 5) is 3.96. The van der Waals surface area contributed by atoms with Crippen LogP contribution in [0.25, 0.3) is 0 Å². The van der Waals surface area contributed by atoms with Crippen molar-refractivity contribution in [2.45, 2.75) is 25.3 Å². The van der Waals surface area contributed by atoms with Crippen LogP contribution in [0.4, 0.5) is 8.78 Å². The maximum absolute atomic E-state index is 11.7. The molecule has 1 unspecified atom stereocenters. The number of alkyl halides is 2. The van der Waals surface area contributed by atoms with Gasteiger partial charge in [-0.3, -0.25) is 0 Å². The first-order valence-corrected chi connectivity index (χ1v) is 5.18. The second-order valence-corrected chi connectivity index (χ2v) is 3.38. The van der Waals surface area contributed by atoms with E-state index in [0.717, 1.165) is 0 Å². The summed E-state index contributed by atoms with van der Waals surface area (Å²) in [7, 11) is 0. The lowest BCUT2D eigenvalue weighted by Gasteiger charge is -2.02. The molecule has 98 valence electrons. The van der Waals surface area contributed by atoms with E-state index in [9.17, 15) is 8.78 Å². The van der Waals surface area contributed by atoms with Crippen LogP contribution in [0.1, 0.15) is 24.2 Å². The minimum atomic E-state index is -2.48. The van der Waals surface area contributed by atoms with Gasteiger partial charge in [-0.15, -0.1) is 0 Å². The highest BCUT2D eigenvalue weighted by atomic mass is 19.3. The minimum absolute atomic E-state index is 0.0730. The van der Waals surface area contributed by atoms with E-state index in [1.165, 1.54) is 0 Å². The second-order valence-electron chi connectivity index (χ2n) is 3.38. The van der Waals surface area contributed by atoms with Crippen molar-refractivity contribution >= 4 is 0 Å². The summed E-state index contributed by atoms with van der Waals surface area (Å²) in [6, 6.07) is -0.511. The number of hydrogen-bond donors (Lipinski definition) is 2. The van der Waals surface area contributed by atoms with E-state index in [1.54, 1.807) is 0 Å². The average Bonchev–Trinajstić information content (AvgIpc) is 2.73. The molecule has 0 radical (unpaired) electrons. The normalized spacial score (nSPS) is 13.2. The van der Waals surface area contributed by atoms with Crippen molar-refractivity contribution in [1.29, 1.82) is 0 Å². The third-order valence-corrected chi connectivity index (χ3v) is 1.95. The summed E-state index contributed by atoms with van der Waals surface area (Å²) >= 11 is 0. The molecule has 0 bridgehead atoms. The van der Waals surface area contributed by atoms with Crippen LogP contribution in [0, 0.1) is 0 Å². The maximum atomic E-state index is 11.7. The molecular formula is C9H15F2N3O3. The lowest BCUT2D eigenvalue weighted by molar-refractivity contribution is 0.0182. The van der Waals surface area contributed by atoms with Gasteiger partial charge < -0.3 is 20.1 Å². The molecule has 1 rings (SSSR count). The average molecular weight is 251 g/mol. The van der Waals surface area contributed by atoms with Crippen molar-refractivity contribution in [2.75, 3.05) is 19.8 Å². The van der Waals surface area contributed by atoms with Gasteiger partial charge in [0, 0.05) is 13.0 Å². The Hall–Kier alpha value is -1.12. The molecule has 0 spiro atoms. The van der Waals surface area contributed by atoms with Crippen LogP contribution in [-0.4, -0.2) is 41.5 Å². The van der Waals surface area contributed by atoms with E-state index >= 15 is 0 Å². The molecule has 17 heavy (non-hydrogen) atoms. The molecule has 0 aliphatic rings. The molecule has 0 fully saturated rings. The summed E-state index contributed by atoms with van der Waals surface area (Å²) in [6.07, 6.45) is -1.88.